The summed E-state index contributed by atoms with van der Waals surface area (Å²) in [6.45, 7) is 4.17. The van der Waals surface area contributed by atoms with E-state index in [9.17, 15) is 0 Å². The number of aryl methyl sites for hydroxylation is 2. The molecule has 3 aromatic heterocycles. The smallest absolute Gasteiger partial charge is 0.154 e. The summed E-state index contributed by atoms with van der Waals surface area (Å²) in [7, 11) is 0. The van der Waals surface area contributed by atoms with Gasteiger partial charge in [-0.3, -0.25) is 0 Å². The van der Waals surface area contributed by atoms with Crippen molar-refractivity contribution in [3.8, 4) is 22.5 Å². The predicted molar refractivity (Wildman–Crippen MR) is 121 cm³/mol. The third-order valence-electron chi connectivity index (χ3n) is 5.01. The summed E-state index contributed by atoms with van der Waals surface area (Å²) in [6, 6.07) is 24.6. The van der Waals surface area contributed by atoms with Gasteiger partial charge in [-0.15, -0.1) is 0 Å². The fourth-order valence-corrected chi connectivity index (χ4v) is 3.66. The molecule has 5 heteroatoms. The molecule has 0 radical (unpaired) electrons. The molecule has 0 aliphatic rings. The second-order valence-electron chi connectivity index (χ2n) is 7.40. The van der Waals surface area contributed by atoms with Crippen LogP contribution in [0.5, 0.6) is 0 Å². The molecule has 3 heterocycles. The molecular formula is C25H21N5. The standard InChI is InChI=1S/C25H21N5/c1-17-6-3-8-19(14-17)24-25(30-23(29-24)10-5-12-27-30)20-11-13-26-22(16-20)28-21-9-4-7-18(2)15-21/h3-16H,1-2H3,(H,26,28). The molecule has 2 aromatic carbocycles. The Labute approximate surface area is 175 Å². The maximum Gasteiger partial charge on any atom is 0.154 e. The Balaban J connectivity index is 1.65. The lowest BCUT2D eigenvalue weighted by atomic mass is 10.0. The van der Waals surface area contributed by atoms with Crippen molar-refractivity contribution >= 4 is 17.2 Å². The summed E-state index contributed by atoms with van der Waals surface area (Å²) in [6.07, 6.45) is 3.60. The van der Waals surface area contributed by atoms with Crippen LogP contribution in [0, 0.1) is 13.8 Å². The molecule has 1 N–H and O–H groups in total. The van der Waals surface area contributed by atoms with E-state index < -0.39 is 0 Å². The molecule has 0 spiro atoms. The van der Waals surface area contributed by atoms with Gasteiger partial charge in [-0.2, -0.15) is 5.10 Å². The topological polar surface area (TPSA) is 55.1 Å². The predicted octanol–water partition coefficient (Wildman–Crippen LogP) is 5.82. The van der Waals surface area contributed by atoms with E-state index in [1.807, 2.05) is 47.1 Å². The lowest BCUT2D eigenvalue weighted by Gasteiger charge is -2.09. The van der Waals surface area contributed by atoms with Crippen molar-refractivity contribution in [2.24, 2.45) is 0 Å². The Kier molecular flexibility index (Phi) is 4.48. The van der Waals surface area contributed by atoms with Crippen LogP contribution < -0.4 is 5.32 Å². The van der Waals surface area contributed by atoms with Crippen molar-refractivity contribution in [3.05, 3.63) is 96.3 Å². The van der Waals surface area contributed by atoms with Crippen LogP contribution in [-0.4, -0.2) is 19.6 Å². The van der Waals surface area contributed by atoms with E-state index in [1.165, 1.54) is 11.1 Å². The molecule has 0 saturated heterocycles. The zero-order valence-electron chi connectivity index (χ0n) is 16.9. The van der Waals surface area contributed by atoms with Crippen molar-refractivity contribution in [2.75, 3.05) is 5.32 Å². The summed E-state index contributed by atoms with van der Waals surface area (Å²) in [5.41, 5.74) is 8.15. The Morgan fingerprint density at radius 1 is 0.767 bits per heavy atom. The van der Waals surface area contributed by atoms with Gasteiger partial charge in [-0.25, -0.2) is 14.5 Å². The number of aromatic nitrogens is 4. The third kappa shape index (κ3) is 3.42. The largest absolute Gasteiger partial charge is 0.340 e. The summed E-state index contributed by atoms with van der Waals surface area (Å²) in [4.78, 5) is 9.39. The molecular weight excluding hydrogens is 370 g/mol. The maximum absolute atomic E-state index is 4.89. The summed E-state index contributed by atoms with van der Waals surface area (Å²) >= 11 is 0. The average molecular weight is 391 g/mol. The van der Waals surface area contributed by atoms with Crippen molar-refractivity contribution in [2.45, 2.75) is 13.8 Å². The van der Waals surface area contributed by atoms with Crippen molar-refractivity contribution < 1.29 is 0 Å². The number of anilines is 2. The summed E-state index contributed by atoms with van der Waals surface area (Å²) in [5.74, 6) is 0.777. The van der Waals surface area contributed by atoms with E-state index in [0.717, 1.165) is 39.7 Å². The Morgan fingerprint density at radius 2 is 1.60 bits per heavy atom. The number of rotatable bonds is 4. The first kappa shape index (κ1) is 18.1. The Hall–Kier alpha value is -3.99. The van der Waals surface area contributed by atoms with Gasteiger partial charge in [0.15, 0.2) is 5.65 Å². The van der Waals surface area contributed by atoms with Crippen LogP contribution >= 0.6 is 0 Å². The fraction of sp³-hybridized carbons (Fsp3) is 0.0800. The lowest BCUT2D eigenvalue weighted by Crippen LogP contribution is -1.97. The van der Waals surface area contributed by atoms with Crippen LogP contribution in [-0.2, 0) is 0 Å². The minimum absolute atomic E-state index is 0.777. The van der Waals surface area contributed by atoms with Crippen LogP contribution in [0.4, 0.5) is 11.5 Å². The maximum atomic E-state index is 4.89. The fourth-order valence-electron chi connectivity index (χ4n) is 3.66. The molecule has 0 saturated carbocycles. The average Bonchev–Trinajstić information content (AvgIpc) is 3.14. The van der Waals surface area contributed by atoms with Crippen LogP contribution in [0.1, 0.15) is 11.1 Å². The molecule has 0 unspecified atom stereocenters. The number of imidazole rings is 1. The van der Waals surface area contributed by atoms with Crippen LogP contribution in [0.2, 0.25) is 0 Å². The number of hydrogen-bond donors (Lipinski definition) is 1. The minimum atomic E-state index is 0.777. The molecule has 5 nitrogen and oxygen atoms in total. The molecule has 0 fully saturated rings. The van der Waals surface area contributed by atoms with E-state index in [1.54, 1.807) is 6.20 Å². The first-order chi connectivity index (χ1) is 14.7. The monoisotopic (exact) mass is 391 g/mol. The molecule has 0 amide bonds. The molecule has 0 atom stereocenters. The highest BCUT2D eigenvalue weighted by atomic mass is 15.3. The van der Waals surface area contributed by atoms with Crippen LogP contribution in [0.25, 0.3) is 28.2 Å². The first-order valence-corrected chi connectivity index (χ1v) is 9.88. The second kappa shape index (κ2) is 7.44. The number of pyridine rings is 1. The van der Waals surface area contributed by atoms with Gasteiger partial charge in [-0.1, -0.05) is 35.9 Å². The third-order valence-corrected chi connectivity index (χ3v) is 5.01. The molecule has 5 rings (SSSR count). The molecule has 30 heavy (non-hydrogen) atoms. The van der Waals surface area contributed by atoms with Gasteiger partial charge in [-0.05, 0) is 61.9 Å². The second-order valence-corrected chi connectivity index (χ2v) is 7.40. The zero-order chi connectivity index (χ0) is 20.5. The minimum Gasteiger partial charge on any atom is -0.340 e. The Morgan fingerprint density at radius 3 is 2.43 bits per heavy atom. The van der Waals surface area contributed by atoms with Crippen molar-refractivity contribution in [1.82, 2.24) is 19.6 Å². The molecule has 0 bridgehead atoms. The van der Waals surface area contributed by atoms with E-state index in [0.29, 0.717) is 0 Å². The van der Waals surface area contributed by atoms with Crippen LogP contribution in [0.15, 0.2) is 85.2 Å². The number of nitrogens with zero attached hydrogens (tertiary/aromatic N) is 4. The zero-order valence-corrected chi connectivity index (χ0v) is 16.9. The highest BCUT2D eigenvalue weighted by molar-refractivity contribution is 5.82. The number of nitrogens with one attached hydrogen (secondary N) is 1. The van der Waals surface area contributed by atoms with E-state index in [2.05, 4.69) is 65.6 Å². The van der Waals surface area contributed by atoms with E-state index >= 15 is 0 Å². The van der Waals surface area contributed by atoms with Crippen molar-refractivity contribution in [1.29, 1.82) is 0 Å². The highest BCUT2D eigenvalue weighted by Crippen LogP contribution is 2.33. The normalized spacial score (nSPS) is 11.0. The van der Waals surface area contributed by atoms with Crippen LogP contribution in [0.3, 0.4) is 0 Å². The molecule has 0 aliphatic carbocycles. The quantitative estimate of drug-likeness (QED) is 0.419. The number of hydrogen-bond acceptors (Lipinski definition) is 4. The molecule has 5 aromatic rings. The Bertz CT molecular complexity index is 1350. The van der Waals surface area contributed by atoms with Gasteiger partial charge < -0.3 is 5.32 Å². The van der Waals surface area contributed by atoms with Gasteiger partial charge in [0.1, 0.15) is 11.5 Å². The number of fused-ring (bicyclic) bond motifs is 1. The highest BCUT2D eigenvalue weighted by Gasteiger charge is 2.17. The van der Waals surface area contributed by atoms with E-state index in [4.69, 9.17) is 4.98 Å². The van der Waals surface area contributed by atoms with Gasteiger partial charge in [0.2, 0.25) is 0 Å². The summed E-state index contributed by atoms with van der Waals surface area (Å²) < 4.78 is 1.89. The van der Waals surface area contributed by atoms with E-state index in [-0.39, 0.29) is 0 Å². The van der Waals surface area contributed by atoms with Gasteiger partial charge in [0, 0.05) is 29.2 Å². The van der Waals surface area contributed by atoms with Gasteiger partial charge >= 0.3 is 0 Å². The number of benzene rings is 2. The van der Waals surface area contributed by atoms with Gasteiger partial charge in [0.05, 0.1) is 5.69 Å². The molecule has 0 aliphatic heterocycles. The lowest BCUT2D eigenvalue weighted by molar-refractivity contribution is 0.942. The SMILES string of the molecule is Cc1cccc(Nc2cc(-c3c(-c4cccc(C)c4)nc4cccnn34)ccn2)c1. The van der Waals surface area contributed by atoms with Gasteiger partial charge in [0.25, 0.3) is 0 Å². The first-order valence-electron chi connectivity index (χ1n) is 9.88. The summed E-state index contributed by atoms with van der Waals surface area (Å²) in [5, 5.41) is 7.97. The van der Waals surface area contributed by atoms with Crippen molar-refractivity contribution in [3.63, 3.8) is 0 Å². The molecule has 146 valence electrons.